The van der Waals surface area contributed by atoms with Crippen molar-refractivity contribution < 1.29 is 9.52 Å². The summed E-state index contributed by atoms with van der Waals surface area (Å²) < 4.78 is 5.78. The number of rotatable bonds is 6. The van der Waals surface area contributed by atoms with Gasteiger partial charge in [-0.25, -0.2) is 0 Å². The quantitative estimate of drug-likeness (QED) is 0.799. The van der Waals surface area contributed by atoms with E-state index in [-0.39, 0.29) is 0 Å². The van der Waals surface area contributed by atoms with Crippen molar-refractivity contribution in [2.24, 2.45) is 5.92 Å². The second-order valence-corrected chi connectivity index (χ2v) is 5.58. The Bertz CT molecular complexity index is 370. The summed E-state index contributed by atoms with van der Waals surface area (Å²) in [5.41, 5.74) is -0.625. The van der Waals surface area contributed by atoms with Crippen LogP contribution >= 0.6 is 0 Å². The average Bonchev–Trinajstić information content (AvgIpc) is 2.83. The van der Waals surface area contributed by atoms with Gasteiger partial charge >= 0.3 is 0 Å². The molecule has 3 atom stereocenters. The molecule has 1 aromatic heterocycles. The molecule has 17 heavy (non-hydrogen) atoms. The summed E-state index contributed by atoms with van der Waals surface area (Å²) in [4.78, 5) is 0. The molecular weight excluding hydrogens is 214 g/mol. The molecule has 1 aliphatic rings. The van der Waals surface area contributed by atoms with Crippen molar-refractivity contribution in [3.05, 3.63) is 23.7 Å². The van der Waals surface area contributed by atoms with Gasteiger partial charge < -0.3 is 14.8 Å². The standard InChI is InChI=1S/C14H23NO2/c1-4-14(3,16)9-15-8-11-5-6-13(17-11)12-7-10(12)2/h5-6,10,12,15-16H,4,7-9H2,1-3H3. The SMILES string of the molecule is CCC(C)(O)CNCc1ccc(C2CC2C)o1. The van der Waals surface area contributed by atoms with Crippen LogP contribution in [0.25, 0.3) is 0 Å². The van der Waals surface area contributed by atoms with Crippen LogP contribution in [0.2, 0.25) is 0 Å². The molecule has 2 rings (SSSR count). The summed E-state index contributed by atoms with van der Waals surface area (Å²) in [5.74, 6) is 3.51. The fourth-order valence-electron chi connectivity index (χ4n) is 1.99. The van der Waals surface area contributed by atoms with Crippen LogP contribution in [0.3, 0.4) is 0 Å². The van der Waals surface area contributed by atoms with Gasteiger partial charge in [0.2, 0.25) is 0 Å². The van der Waals surface area contributed by atoms with Crippen molar-refractivity contribution in [1.82, 2.24) is 5.32 Å². The van der Waals surface area contributed by atoms with Crippen molar-refractivity contribution >= 4 is 0 Å². The van der Waals surface area contributed by atoms with Crippen LogP contribution in [0.1, 0.15) is 51.1 Å². The molecule has 1 fully saturated rings. The van der Waals surface area contributed by atoms with E-state index < -0.39 is 5.60 Å². The van der Waals surface area contributed by atoms with Crippen LogP contribution in [0.15, 0.2) is 16.5 Å². The number of aliphatic hydroxyl groups is 1. The maximum Gasteiger partial charge on any atom is 0.117 e. The van der Waals surface area contributed by atoms with Crippen molar-refractivity contribution in [3.63, 3.8) is 0 Å². The van der Waals surface area contributed by atoms with Crippen LogP contribution in [-0.2, 0) is 6.54 Å². The Balaban J connectivity index is 1.78. The fourth-order valence-corrected chi connectivity index (χ4v) is 1.99. The molecule has 0 spiro atoms. The number of hydrogen-bond donors (Lipinski definition) is 2. The van der Waals surface area contributed by atoms with E-state index in [0.717, 1.165) is 23.9 Å². The zero-order valence-electron chi connectivity index (χ0n) is 11.0. The van der Waals surface area contributed by atoms with E-state index in [0.29, 0.717) is 19.0 Å². The molecule has 0 bridgehead atoms. The number of nitrogens with one attached hydrogen (secondary N) is 1. The van der Waals surface area contributed by atoms with E-state index in [1.54, 1.807) is 0 Å². The first kappa shape index (κ1) is 12.7. The zero-order valence-corrected chi connectivity index (χ0v) is 11.0. The second-order valence-electron chi connectivity index (χ2n) is 5.58. The lowest BCUT2D eigenvalue weighted by Crippen LogP contribution is -2.36. The molecule has 0 radical (unpaired) electrons. The molecular formula is C14H23NO2. The Kier molecular flexibility index (Phi) is 3.59. The van der Waals surface area contributed by atoms with E-state index in [4.69, 9.17) is 4.42 Å². The summed E-state index contributed by atoms with van der Waals surface area (Å²) in [7, 11) is 0. The molecule has 1 saturated carbocycles. The highest BCUT2D eigenvalue weighted by atomic mass is 16.3. The Labute approximate surface area is 103 Å². The second kappa shape index (κ2) is 4.83. The largest absolute Gasteiger partial charge is 0.464 e. The van der Waals surface area contributed by atoms with E-state index in [1.165, 1.54) is 6.42 Å². The average molecular weight is 237 g/mol. The van der Waals surface area contributed by atoms with Crippen molar-refractivity contribution in [2.75, 3.05) is 6.54 Å². The number of hydrogen-bond acceptors (Lipinski definition) is 3. The predicted molar refractivity (Wildman–Crippen MR) is 67.9 cm³/mol. The maximum atomic E-state index is 9.85. The molecule has 96 valence electrons. The topological polar surface area (TPSA) is 45.4 Å². The Morgan fingerprint density at radius 1 is 1.53 bits per heavy atom. The third-order valence-corrected chi connectivity index (χ3v) is 3.72. The third-order valence-electron chi connectivity index (χ3n) is 3.72. The van der Waals surface area contributed by atoms with E-state index in [1.807, 2.05) is 19.9 Å². The van der Waals surface area contributed by atoms with Gasteiger partial charge in [-0.2, -0.15) is 0 Å². The van der Waals surface area contributed by atoms with Crippen LogP contribution in [0.5, 0.6) is 0 Å². The number of furan rings is 1. The molecule has 3 heteroatoms. The van der Waals surface area contributed by atoms with Gasteiger partial charge in [0.05, 0.1) is 12.1 Å². The zero-order chi connectivity index (χ0) is 12.5. The van der Waals surface area contributed by atoms with Gasteiger partial charge in [0, 0.05) is 12.5 Å². The predicted octanol–water partition coefficient (Wildman–Crippen LogP) is 2.65. The molecule has 0 aromatic carbocycles. The molecule has 0 saturated heterocycles. The van der Waals surface area contributed by atoms with Crippen molar-refractivity contribution in [3.8, 4) is 0 Å². The lowest BCUT2D eigenvalue weighted by atomic mass is 10.0. The van der Waals surface area contributed by atoms with Crippen molar-refractivity contribution in [1.29, 1.82) is 0 Å². The van der Waals surface area contributed by atoms with E-state index in [9.17, 15) is 5.11 Å². The van der Waals surface area contributed by atoms with Crippen LogP contribution in [-0.4, -0.2) is 17.3 Å². The molecule has 2 N–H and O–H groups in total. The van der Waals surface area contributed by atoms with Crippen LogP contribution in [0.4, 0.5) is 0 Å². The molecule has 3 nitrogen and oxygen atoms in total. The summed E-state index contributed by atoms with van der Waals surface area (Å²) >= 11 is 0. The summed E-state index contributed by atoms with van der Waals surface area (Å²) in [6.07, 6.45) is 2.01. The molecule has 1 aliphatic carbocycles. The van der Waals surface area contributed by atoms with Gasteiger partial charge in [0.15, 0.2) is 0 Å². The monoisotopic (exact) mass is 237 g/mol. The first-order valence-corrected chi connectivity index (χ1v) is 6.53. The molecule has 0 aliphatic heterocycles. The first-order chi connectivity index (χ1) is 8.02. The smallest absolute Gasteiger partial charge is 0.117 e. The third kappa shape index (κ3) is 3.33. The van der Waals surface area contributed by atoms with Gasteiger partial charge in [0.25, 0.3) is 0 Å². The summed E-state index contributed by atoms with van der Waals surface area (Å²) in [5, 5.41) is 13.1. The Morgan fingerprint density at radius 3 is 2.82 bits per heavy atom. The minimum atomic E-state index is -0.625. The normalized spacial score (nSPS) is 26.8. The van der Waals surface area contributed by atoms with Crippen LogP contribution < -0.4 is 5.32 Å². The fraction of sp³-hybridized carbons (Fsp3) is 0.714. The maximum absolute atomic E-state index is 9.85. The van der Waals surface area contributed by atoms with E-state index in [2.05, 4.69) is 18.3 Å². The Hall–Kier alpha value is -0.800. The Morgan fingerprint density at radius 2 is 2.24 bits per heavy atom. The van der Waals surface area contributed by atoms with Gasteiger partial charge in [-0.1, -0.05) is 13.8 Å². The molecule has 1 aromatic rings. The molecule has 3 unspecified atom stereocenters. The summed E-state index contributed by atoms with van der Waals surface area (Å²) in [6.45, 7) is 7.38. The molecule has 0 amide bonds. The highest BCUT2D eigenvalue weighted by molar-refractivity contribution is 5.17. The van der Waals surface area contributed by atoms with E-state index >= 15 is 0 Å². The minimum Gasteiger partial charge on any atom is -0.464 e. The van der Waals surface area contributed by atoms with Gasteiger partial charge in [-0.05, 0) is 37.8 Å². The lowest BCUT2D eigenvalue weighted by Gasteiger charge is -2.21. The van der Waals surface area contributed by atoms with Gasteiger partial charge in [0.1, 0.15) is 11.5 Å². The van der Waals surface area contributed by atoms with Crippen molar-refractivity contribution in [2.45, 2.75) is 51.7 Å². The highest BCUT2D eigenvalue weighted by Crippen LogP contribution is 2.47. The van der Waals surface area contributed by atoms with Gasteiger partial charge in [-0.15, -0.1) is 0 Å². The highest BCUT2D eigenvalue weighted by Gasteiger charge is 2.36. The summed E-state index contributed by atoms with van der Waals surface area (Å²) in [6, 6.07) is 4.12. The van der Waals surface area contributed by atoms with Gasteiger partial charge in [-0.3, -0.25) is 0 Å². The first-order valence-electron chi connectivity index (χ1n) is 6.53. The van der Waals surface area contributed by atoms with Crippen LogP contribution in [0, 0.1) is 5.92 Å². The molecule has 1 heterocycles. The minimum absolute atomic E-state index is 0.597. The lowest BCUT2D eigenvalue weighted by molar-refractivity contribution is 0.0551.